The maximum atomic E-state index is 6.12. The minimum absolute atomic E-state index is 0.496. The van der Waals surface area contributed by atoms with Crippen LogP contribution in [0.4, 0.5) is 5.69 Å². The van der Waals surface area contributed by atoms with Gasteiger partial charge in [-0.05, 0) is 50.3 Å². The molecule has 1 fully saturated rings. The number of aromatic nitrogens is 1. The number of pyridine rings is 1. The Bertz CT molecular complexity index is 633. The molecule has 0 radical (unpaired) electrons. The molecule has 1 aliphatic carbocycles. The summed E-state index contributed by atoms with van der Waals surface area (Å²) in [5.41, 5.74) is 11.4. The highest BCUT2D eigenvalue weighted by atomic mass is 16.5. The van der Waals surface area contributed by atoms with E-state index in [1.54, 1.807) is 0 Å². The quantitative estimate of drug-likeness (QED) is 0.859. The van der Waals surface area contributed by atoms with E-state index < -0.39 is 0 Å². The van der Waals surface area contributed by atoms with E-state index in [1.807, 2.05) is 38.1 Å². The fraction of sp³-hybridized carbons (Fsp3) is 0.353. The number of rotatable bonds is 4. The first-order chi connectivity index (χ1) is 9.65. The van der Waals surface area contributed by atoms with Crippen molar-refractivity contribution < 1.29 is 4.74 Å². The van der Waals surface area contributed by atoms with Crippen LogP contribution in [0.2, 0.25) is 0 Å². The molecule has 1 saturated carbocycles. The Morgan fingerprint density at radius 3 is 2.75 bits per heavy atom. The maximum Gasteiger partial charge on any atom is 0.216 e. The van der Waals surface area contributed by atoms with Crippen molar-refractivity contribution in [3.63, 3.8) is 0 Å². The van der Waals surface area contributed by atoms with Crippen LogP contribution in [0.1, 0.15) is 41.1 Å². The molecular weight excluding hydrogens is 248 g/mol. The first-order valence-corrected chi connectivity index (χ1v) is 7.09. The van der Waals surface area contributed by atoms with Gasteiger partial charge in [0.1, 0.15) is 6.61 Å². The summed E-state index contributed by atoms with van der Waals surface area (Å²) >= 11 is 0. The third-order valence-electron chi connectivity index (χ3n) is 3.81. The zero-order valence-corrected chi connectivity index (χ0v) is 12.0. The molecule has 0 saturated heterocycles. The number of benzene rings is 1. The predicted molar refractivity (Wildman–Crippen MR) is 80.9 cm³/mol. The van der Waals surface area contributed by atoms with Crippen LogP contribution in [0, 0.1) is 13.8 Å². The Hall–Kier alpha value is -2.03. The van der Waals surface area contributed by atoms with Crippen LogP contribution < -0.4 is 10.5 Å². The number of hydrogen-bond donors (Lipinski definition) is 1. The van der Waals surface area contributed by atoms with Gasteiger partial charge in [-0.15, -0.1) is 0 Å². The lowest BCUT2D eigenvalue weighted by atomic mass is 10.0. The van der Waals surface area contributed by atoms with Crippen molar-refractivity contribution in [2.45, 2.75) is 39.2 Å². The molecule has 3 rings (SSSR count). The number of ether oxygens (including phenoxy) is 1. The average Bonchev–Trinajstić information content (AvgIpc) is 3.25. The highest BCUT2D eigenvalue weighted by Gasteiger charge is 2.26. The van der Waals surface area contributed by atoms with Crippen molar-refractivity contribution in [3.8, 4) is 5.88 Å². The summed E-state index contributed by atoms with van der Waals surface area (Å²) in [7, 11) is 0. The first kappa shape index (κ1) is 13.0. The summed E-state index contributed by atoms with van der Waals surface area (Å²) in [6, 6.07) is 10.2. The highest BCUT2D eigenvalue weighted by molar-refractivity contribution is 5.52. The summed E-state index contributed by atoms with van der Waals surface area (Å²) < 4.78 is 5.91. The molecule has 0 amide bonds. The molecule has 0 aliphatic heterocycles. The minimum atomic E-state index is 0.496. The van der Waals surface area contributed by atoms with Crippen molar-refractivity contribution in [2.24, 2.45) is 0 Å². The SMILES string of the molecule is Cc1ccc(C)c(OCc2c(N)cccc2C2CC2)n1. The Morgan fingerprint density at radius 1 is 1.20 bits per heavy atom. The zero-order valence-electron chi connectivity index (χ0n) is 12.0. The minimum Gasteiger partial charge on any atom is -0.473 e. The lowest BCUT2D eigenvalue weighted by Gasteiger charge is -2.14. The Balaban J connectivity index is 1.83. The molecular formula is C17H20N2O. The summed E-state index contributed by atoms with van der Waals surface area (Å²) in [5.74, 6) is 1.37. The Morgan fingerprint density at radius 2 is 2.00 bits per heavy atom. The molecule has 0 spiro atoms. The lowest BCUT2D eigenvalue weighted by molar-refractivity contribution is 0.290. The van der Waals surface area contributed by atoms with E-state index in [0.717, 1.165) is 22.5 Å². The van der Waals surface area contributed by atoms with Gasteiger partial charge in [0.15, 0.2) is 0 Å². The van der Waals surface area contributed by atoms with Crippen molar-refractivity contribution in [1.29, 1.82) is 0 Å². The van der Waals surface area contributed by atoms with Gasteiger partial charge >= 0.3 is 0 Å². The van der Waals surface area contributed by atoms with E-state index in [4.69, 9.17) is 10.5 Å². The second-order valence-electron chi connectivity index (χ2n) is 5.55. The van der Waals surface area contributed by atoms with E-state index in [0.29, 0.717) is 18.4 Å². The Kier molecular flexibility index (Phi) is 3.35. The maximum absolute atomic E-state index is 6.12. The first-order valence-electron chi connectivity index (χ1n) is 7.09. The summed E-state index contributed by atoms with van der Waals surface area (Å²) in [6.07, 6.45) is 2.52. The topological polar surface area (TPSA) is 48.1 Å². The van der Waals surface area contributed by atoms with E-state index >= 15 is 0 Å². The molecule has 1 aliphatic rings. The van der Waals surface area contributed by atoms with Crippen LogP contribution in [-0.4, -0.2) is 4.98 Å². The number of aryl methyl sites for hydroxylation is 2. The molecule has 2 N–H and O–H groups in total. The molecule has 0 unspecified atom stereocenters. The summed E-state index contributed by atoms with van der Waals surface area (Å²) in [4.78, 5) is 4.44. The van der Waals surface area contributed by atoms with Gasteiger partial charge in [-0.1, -0.05) is 18.2 Å². The summed E-state index contributed by atoms with van der Waals surface area (Å²) in [5, 5.41) is 0. The number of anilines is 1. The molecule has 1 aromatic carbocycles. The van der Waals surface area contributed by atoms with E-state index in [1.165, 1.54) is 18.4 Å². The number of nitrogens with zero attached hydrogens (tertiary/aromatic N) is 1. The van der Waals surface area contributed by atoms with Gasteiger partial charge in [0.2, 0.25) is 5.88 Å². The van der Waals surface area contributed by atoms with Gasteiger partial charge in [0, 0.05) is 22.5 Å². The molecule has 1 heterocycles. The monoisotopic (exact) mass is 268 g/mol. The van der Waals surface area contributed by atoms with Crippen LogP contribution in [0.3, 0.4) is 0 Å². The molecule has 2 aromatic rings. The predicted octanol–water partition coefficient (Wildman–Crippen LogP) is 3.74. The second kappa shape index (κ2) is 5.16. The normalized spacial score (nSPS) is 14.3. The van der Waals surface area contributed by atoms with Crippen LogP contribution in [0.5, 0.6) is 5.88 Å². The van der Waals surface area contributed by atoms with Crippen LogP contribution in [0.15, 0.2) is 30.3 Å². The lowest BCUT2D eigenvalue weighted by Crippen LogP contribution is -2.06. The van der Waals surface area contributed by atoms with Gasteiger partial charge in [-0.2, -0.15) is 0 Å². The van der Waals surface area contributed by atoms with Gasteiger partial charge < -0.3 is 10.5 Å². The zero-order chi connectivity index (χ0) is 14.1. The molecule has 20 heavy (non-hydrogen) atoms. The summed E-state index contributed by atoms with van der Waals surface area (Å²) in [6.45, 7) is 4.48. The number of nitrogen functional groups attached to an aromatic ring is 1. The fourth-order valence-corrected chi connectivity index (χ4v) is 2.46. The molecule has 0 atom stereocenters. The van der Waals surface area contributed by atoms with E-state index in [9.17, 15) is 0 Å². The van der Waals surface area contributed by atoms with E-state index in [2.05, 4.69) is 11.1 Å². The number of hydrogen-bond acceptors (Lipinski definition) is 3. The van der Waals surface area contributed by atoms with Gasteiger partial charge in [0.05, 0.1) is 0 Å². The third-order valence-corrected chi connectivity index (χ3v) is 3.81. The molecule has 1 aromatic heterocycles. The highest BCUT2D eigenvalue weighted by Crippen LogP contribution is 2.43. The van der Waals surface area contributed by atoms with Gasteiger partial charge in [-0.25, -0.2) is 4.98 Å². The van der Waals surface area contributed by atoms with Crippen LogP contribution in [0.25, 0.3) is 0 Å². The molecule has 104 valence electrons. The Labute approximate surface area is 119 Å². The third kappa shape index (κ3) is 2.62. The van der Waals surface area contributed by atoms with Crippen molar-refractivity contribution in [3.05, 3.63) is 52.7 Å². The van der Waals surface area contributed by atoms with Gasteiger partial charge in [-0.3, -0.25) is 0 Å². The van der Waals surface area contributed by atoms with Crippen LogP contribution >= 0.6 is 0 Å². The van der Waals surface area contributed by atoms with Gasteiger partial charge in [0.25, 0.3) is 0 Å². The molecule has 3 heteroatoms. The van der Waals surface area contributed by atoms with E-state index in [-0.39, 0.29) is 0 Å². The van der Waals surface area contributed by atoms with Crippen molar-refractivity contribution >= 4 is 5.69 Å². The standard InChI is InChI=1S/C17H20N2O/c1-11-6-7-12(2)19-17(11)20-10-15-14(13-8-9-13)4-3-5-16(15)18/h3-7,13H,8-10,18H2,1-2H3. The largest absolute Gasteiger partial charge is 0.473 e. The average molecular weight is 268 g/mol. The van der Waals surface area contributed by atoms with Crippen molar-refractivity contribution in [1.82, 2.24) is 4.98 Å². The number of nitrogens with two attached hydrogens (primary N) is 1. The smallest absolute Gasteiger partial charge is 0.216 e. The molecule has 3 nitrogen and oxygen atoms in total. The second-order valence-corrected chi connectivity index (χ2v) is 5.55. The van der Waals surface area contributed by atoms with Crippen LogP contribution in [-0.2, 0) is 6.61 Å². The molecule has 0 bridgehead atoms. The van der Waals surface area contributed by atoms with Crippen molar-refractivity contribution in [2.75, 3.05) is 5.73 Å². The fourth-order valence-electron chi connectivity index (χ4n) is 2.46.